The Bertz CT molecular complexity index is 447. The summed E-state index contributed by atoms with van der Waals surface area (Å²) in [5.74, 6) is 1.10. The molecule has 3 heteroatoms. The summed E-state index contributed by atoms with van der Waals surface area (Å²) >= 11 is 0. The summed E-state index contributed by atoms with van der Waals surface area (Å²) in [6, 6.07) is 3.88. The summed E-state index contributed by atoms with van der Waals surface area (Å²) < 4.78 is 5.69. The maximum Gasteiger partial charge on any atom is 0.153 e. The zero-order valence-electron chi connectivity index (χ0n) is 7.21. The van der Waals surface area contributed by atoms with Crippen LogP contribution in [0.15, 0.2) is 22.7 Å². The lowest BCUT2D eigenvalue weighted by Crippen LogP contribution is -2.22. The van der Waals surface area contributed by atoms with Crippen molar-refractivity contribution in [2.75, 3.05) is 6.54 Å². The molecule has 0 amide bonds. The van der Waals surface area contributed by atoms with Gasteiger partial charge in [-0.1, -0.05) is 0 Å². The number of fused-ring (bicyclic) bond motifs is 3. The standard InChI is InChI=1S/C10H10N2O/c1-2-9-10(12-4-1)7-6-11-5-3-8(7)13-9/h1-2,4,11H,3,5-6H2. The van der Waals surface area contributed by atoms with Crippen LogP contribution in [0.25, 0.3) is 11.1 Å². The predicted molar refractivity (Wildman–Crippen MR) is 49.4 cm³/mol. The van der Waals surface area contributed by atoms with E-state index in [-0.39, 0.29) is 0 Å². The highest BCUT2D eigenvalue weighted by molar-refractivity contribution is 5.77. The third-order valence-electron chi connectivity index (χ3n) is 2.46. The van der Waals surface area contributed by atoms with Crippen molar-refractivity contribution in [2.45, 2.75) is 13.0 Å². The molecule has 0 saturated carbocycles. The Morgan fingerprint density at radius 1 is 1.46 bits per heavy atom. The molecule has 66 valence electrons. The summed E-state index contributed by atoms with van der Waals surface area (Å²) in [5.41, 5.74) is 3.17. The summed E-state index contributed by atoms with van der Waals surface area (Å²) in [4.78, 5) is 4.32. The van der Waals surface area contributed by atoms with Crippen molar-refractivity contribution < 1.29 is 4.42 Å². The van der Waals surface area contributed by atoms with Crippen molar-refractivity contribution in [1.82, 2.24) is 10.3 Å². The fraction of sp³-hybridized carbons (Fsp3) is 0.300. The van der Waals surface area contributed by atoms with Gasteiger partial charge in [0.2, 0.25) is 0 Å². The molecule has 0 aromatic carbocycles. The fourth-order valence-electron chi connectivity index (χ4n) is 1.83. The van der Waals surface area contributed by atoms with E-state index in [0.717, 1.165) is 36.4 Å². The van der Waals surface area contributed by atoms with Crippen LogP contribution < -0.4 is 5.32 Å². The van der Waals surface area contributed by atoms with Crippen molar-refractivity contribution in [3.63, 3.8) is 0 Å². The Morgan fingerprint density at radius 3 is 3.46 bits per heavy atom. The van der Waals surface area contributed by atoms with Gasteiger partial charge in [-0.25, -0.2) is 0 Å². The zero-order chi connectivity index (χ0) is 8.67. The number of hydrogen-bond donors (Lipinski definition) is 1. The molecule has 0 unspecified atom stereocenters. The first kappa shape index (κ1) is 7.09. The summed E-state index contributed by atoms with van der Waals surface area (Å²) in [7, 11) is 0. The molecule has 0 spiro atoms. The lowest BCUT2D eigenvalue weighted by molar-refractivity contribution is 0.500. The monoisotopic (exact) mass is 174 g/mol. The van der Waals surface area contributed by atoms with Crippen LogP contribution in [-0.4, -0.2) is 11.5 Å². The minimum Gasteiger partial charge on any atom is -0.459 e. The highest BCUT2D eigenvalue weighted by atomic mass is 16.3. The maximum atomic E-state index is 5.69. The van der Waals surface area contributed by atoms with Crippen LogP contribution in [0.4, 0.5) is 0 Å². The van der Waals surface area contributed by atoms with E-state index in [0.29, 0.717) is 0 Å². The second kappa shape index (κ2) is 2.57. The minimum atomic E-state index is 0.888. The predicted octanol–water partition coefficient (Wildman–Crippen LogP) is 1.47. The Balaban J connectivity index is 2.34. The normalized spacial score (nSPS) is 16.0. The van der Waals surface area contributed by atoms with Crippen molar-refractivity contribution in [2.24, 2.45) is 0 Å². The van der Waals surface area contributed by atoms with Gasteiger partial charge in [-0.3, -0.25) is 4.98 Å². The van der Waals surface area contributed by atoms with E-state index < -0.39 is 0 Å². The third-order valence-corrected chi connectivity index (χ3v) is 2.46. The van der Waals surface area contributed by atoms with Gasteiger partial charge in [0.15, 0.2) is 5.58 Å². The zero-order valence-corrected chi connectivity index (χ0v) is 7.21. The fourth-order valence-corrected chi connectivity index (χ4v) is 1.83. The van der Waals surface area contributed by atoms with Gasteiger partial charge >= 0.3 is 0 Å². The molecule has 0 aliphatic carbocycles. The summed E-state index contributed by atoms with van der Waals surface area (Å²) in [5, 5.41) is 3.32. The molecule has 3 rings (SSSR count). The van der Waals surface area contributed by atoms with Crippen LogP contribution in [0, 0.1) is 0 Å². The van der Waals surface area contributed by atoms with E-state index >= 15 is 0 Å². The Kier molecular flexibility index (Phi) is 1.40. The highest BCUT2D eigenvalue weighted by Gasteiger charge is 2.17. The number of nitrogens with one attached hydrogen (secondary N) is 1. The molecule has 1 aliphatic rings. The first-order chi connectivity index (χ1) is 6.45. The second-order valence-corrected chi connectivity index (χ2v) is 3.28. The van der Waals surface area contributed by atoms with Gasteiger partial charge in [-0.05, 0) is 12.1 Å². The number of nitrogens with zero attached hydrogens (tertiary/aromatic N) is 1. The topological polar surface area (TPSA) is 38.1 Å². The SMILES string of the molecule is c1cnc2c3c(oc2c1)CCNC3. The molecular formula is C10H10N2O. The van der Waals surface area contributed by atoms with E-state index in [1.807, 2.05) is 18.3 Å². The largest absolute Gasteiger partial charge is 0.459 e. The van der Waals surface area contributed by atoms with E-state index in [4.69, 9.17) is 4.42 Å². The molecule has 0 bridgehead atoms. The Morgan fingerprint density at radius 2 is 2.46 bits per heavy atom. The molecule has 1 N–H and O–H groups in total. The van der Waals surface area contributed by atoms with Gasteiger partial charge in [0.25, 0.3) is 0 Å². The van der Waals surface area contributed by atoms with Gasteiger partial charge in [0, 0.05) is 31.3 Å². The molecule has 13 heavy (non-hydrogen) atoms. The van der Waals surface area contributed by atoms with Gasteiger partial charge in [0.1, 0.15) is 11.3 Å². The quantitative estimate of drug-likeness (QED) is 0.657. The summed E-state index contributed by atoms with van der Waals surface area (Å²) in [6.45, 7) is 1.90. The van der Waals surface area contributed by atoms with E-state index in [9.17, 15) is 0 Å². The van der Waals surface area contributed by atoms with Gasteiger partial charge in [-0.2, -0.15) is 0 Å². The third kappa shape index (κ3) is 0.971. The number of rotatable bonds is 0. The van der Waals surface area contributed by atoms with Crippen LogP contribution >= 0.6 is 0 Å². The molecular weight excluding hydrogens is 164 g/mol. The molecule has 2 aromatic rings. The maximum absolute atomic E-state index is 5.69. The molecule has 1 aliphatic heterocycles. The lowest BCUT2D eigenvalue weighted by Gasteiger charge is -2.09. The Labute approximate surface area is 75.8 Å². The van der Waals surface area contributed by atoms with Crippen LogP contribution in [0.2, 0.25) is 0 Å². The lowest BCUT2D eigenvalue weighted by atomic mass is 10.1. The average molecular weight is 174 g/mol. The van der Waals surface area contributed by atoms with E-state index in [1.165, 1.54) is 5.56 Å². The first-order valence-electron chi connectivity index (χ1n) is 4.51. The van der Waals surface area contributed by atoms with Crippen molar-refractivity contribution in [3.05, 3.63) is 29.7 Å². The number of hydrogen-bond acceptors (Lipinski definition) is 3. The number of aromatic nitrogens is 1. The minimum absolute atomic E-state index is 0.888. The second-order valence-electron chi connectivity index (χ2n) is 3.28. The van der Waals surface area contributed by atoms with Gasteiger partial charge in [-0.15, -0.1) is 0 Å². The van der Waals surface area contributed by atoms with E-state index in [1.54, 1.807) is 0 Å². The van der Waals surface area contributed by atoms with E-state index in [2.05, 4.69) is 10.3 Å². The molecule has 2 aromatic heterocycles. The van der Waals surface area contributed by atoms with Crippen molar-refractivity contribution in [1.29, 1.82) is 0 Å². The first-order valence-corrected chi connectivity index (χ1v) is 4.51. The average Bonchev–Trinajstić information content (AvgIpc) is 2.56. The van der Waals surface area contributed by atoms with Crippen LogP contribution in [-0.2, 0) is 13.0 Å². The van der Waals surface area contributed by atoms with Gasteiger partial charge < -0.3 is 9.73 Å². The van der Waals surface area contributed by atoms with Crippen LogP contribution in [0.1, 0.15) is 11.3 Å². The molecule has 0 saturated heterocycles. The van der Waals surface area contributed by atoms with Crippen molar-refractivity contribution >= 4 is 11.1 Å². The smallest absolute Gasteiger partial charge is 0.153 e. The molecule has 0 radical (unpaired) electrons. The summed E-state index contributed by atoms with van der Waals surface area (Å²) in [6.07, 6.45) is 2.79. The van der Waals surface area contributed by atoms with Crippen LogP contribution in [0.5, 0.6) is 0 Å². The molecule has 0 atom stereocenters. The molecule has 3 nitrogen and oxygen atoms in total. The van der Waals surface area contributed by atoms with Crippen LogP contribution in [0.3, 0.4) is 0 Å². The number of furan rings is 1. The molecule has 0 fully saturated rings. The molecule has 3 heterocycles. The highest BCUT2D eigenvalue weighted by Crippen LogP contribution is 2.25. The number of pyridine rings is 1. The van der Waals surface area contributed by atoms with Crippen molar-refractivity contribution in [3.8, 4) is 0 Å². The Hall–Kier alpha value is -1.35. The van der Waals surface area contributed by atoms with Gasteiger partial charge in [0.05, 0.1) is 0 Å².